The summed E-state index contributed by atoms with van der Waals surface area (Å²) in [6.45, 7) is 2.02. The summed E-state index contributed by atoms with van der Waals surface area (Å²) in [5, 5.41) is 0. The van der Waals surface area contributed by atoms with E-state index in [1.54, 1.807) is 0 Å². The van der Waals surface area contributed by atoms with Gasteiger partial charge in [0, 0.05) is 18.0 Å². The quantitative estimate of drug-likeness (QED) is 0.790. The Bertz CT molecular complexity index is 396. The Hall–Kier alpha value is -1.15. The Morgan fingerprint density at radius 3 is 2.71 bits per heavy atom. The van der Waals surface area contributed by atoms with Crippen LogP contribution in [0.5, 0.6) is 0 Å². The molecule has 1 saturated carbocycles. The fraction of sp³-hybridized carbons (Fsp3) is 0.533. The highest BCUT2D eigenvalue weighted by atomic mass is 16.1. The molecule has 1 aliphatic rings. The van der Waals surface area contributed by atoms with Gasteiger partial charge in [0.05, 0.1) is 0 Å². The molecular formula is C15H21NO. The SMILES string of the molecule is CCC(N)CC(=O)c1ccccc1C1CCC1. The molecule has 0 aromatic heterocycles. The molecule has 17 heavy (non-hydrogen) atoms. The van der Waals surface area contributed by atoms with Gasteiger partial charge in [-0.3, -0.25) is 4.79 Å². The van der Waals surface area contributed by atoms with Gasteiger partial charge in [0.1, 0.15) is 0 Å². The topological polar surface area (TPSA) is 43.1 Å². The molecule has 0 spiro atoms. The maximum atomic E-state index is 12.2. The standard InChI is InChI=1S/C15H21NO/c1-2-12(16)10-15(17)14-9-4-3-8-13(14)11-6-5-7-11/h3-4,8-9,11-12H,2,5-7,10,16H2,1H3. The molecule has 2 nitrogen and oxygen atoms in total. The van der Waals surface area contributed by atoms with Crippen LogP contribution < -0.4 is 5.73 Å². The number of rotatable bonds is 5. The van der Waals surface area contributed by atoms with Crippen LogP contribution >= 0.6 is 0 Å². The summed E-state index contributed by atoms with van der Waals surface area (Å²) in [5.41, 5.74) is 8.01. The maximum Gasteiger partial charge on any atom is 0.164 e. The van der Waals surface area contributed by atoms with Gasteiger partial charge in [0.15, 0.2) is 5.78 Å². The number of hydrogen-bond acceptors (Lipinski definition) is 2. The molecule has 2 rings (SSSR count). The Labute approximate surface area is 103 Å². The number of hydrogen-bond donors (Lipinski definition) is 1. The second-order valence-electron chi connectivity index (χ2n) is 5.01. The van der Waals surface area contributed by atoms with Crippen LogP contribution in [-0.4, -0.2) is 11.8 Å². The summed E-state index contributed by atoms with van der Waals surface area (Å²) in [4.78, 5) is 12.2. The minimum absolute atomic E-state index is 0.00283. The van der Waals surface area contributed by atoms with Gasteiger partial charge in [0.2, 0.25) is 0 Å². The Balaban J connectivity index is 2.16. The van der Waals surface area contributed by atoms with E-state index in [1.165, 1.54) is 24.8 Å². The first-order valence-corrected chi connectivity index (χ1v) is 6.60. The molecule has 0 bridgehead atoms. The first-order chi connectivity index (χ1) is 8.22. The van der Waals surface area contributed by atoms with Crippen molar-refractivity contribution in [2.75, 3.05) is 0 Å². The number of carbonyl (C=O) groups is 1. The van der Waals surface area contributed by atoms with Gasteiger partial charge in [-0.1, -0.05) is 37.6 Å². The first kappa shape index (κ1) is 12.3. The van der Waals surface area contributed by atoms with Crippen molar-refractivity contribution in [2.24, 2.45) is 5.73 Å². The summed E-state index contributed by atoms with van der Waals surface area (Å²) in [6.07, 6.45) is 5.08. The third-order valence-electron chi connectivity index (χ3n) is 3.78. The van der Waals surface area contributed by atoms with Gasteiger partial charge in [-0.15, -0.1) is 0 Å². The van der Waals surface area contributed by atoms with Crippen molar-refractivity contribution in [1.82, 2.24) is 0 Å². The van der Waals surface area contributed by atoms with Crippen LogP contribution in [0.3, 0.4) is 0 Å². The lowest BCUT2D eigenvalue weighted by Crippen LogP contribution is -2.24. The van der Waals surface area contributed by atoms with Crippen molar-refractivity contribution < 1.29 is 4.79 Å². The summed E-state index contributed by atoms with van der Waals surface area (Å²) in [5.74, 6) is 0.815. The molecule has 0 heterocycles. The zero-order valence-corrected chi connectivity index (χ0v) is 10.5. The Kier molecular flexibility index (Phi) is 3.95. The highest BCUT2D eigenvalue weighted by Crippen LogP contribution is 2.38. The van der Waals surface area contributed by atoms with Crippen LogP contribution in [0.2, 0.25) is 0 Å². The molecule has 1 aliphatic carbocycles. The van der Waals surface area contributed by atoms with E-state index in [-0.39, 0.29) is 11.8 Å². The van der Waals surface area contributed by atoms with Crippen LogP contribution in [0.4, 0.5) is 0 Å². The van der Waals surface area contributed by atoms with E-state index in [2.05, 4.69) is 6.07 Å². The van der Waals surface area contributed by atoms with E-state index in [0.717, 1.165) is 12.0 Å². The average Bonchev–Trinajstić information content (AvgIpc) is 2.27. The van der Waals surface area contributed by atoms with Crippen molar-refractivity contribution in [2.45, 2.75) is 51.0 Å². The van der Waals surface area contributed by atoms with Crippen LogP contribution in [0.1, 0.15) is 60.9 Å². The van der Waals surface area contributed by atoms with Gasteiger partial charge in [0.25, 0.3) is 0 Å². The van der Waals surface area contributed by atoms with Crippen molar-refractivity contribution in [3.05, 3.63) is 35.4 Å². The number of nitrogens with two attached hydrogens (primary N) is 1. The van der Waals surface area contributed by atoms with E-state index in [1.807, 2.05) is 25.1 Å². The van der Waals surface area contributed by atoms with Gasteiger partial charge in [-0.2, -0.15) is 0 Å². The van der Waals surface area contributed by atoms with Gasteiger partial charge < -0.3 is 5.73 Å². The molecule has 2 heteroatoms. The molecule has 2 N–H and O–H groups in total. The van der Waals surface area contributed by atoms with Gasteiger partial charge >= 0.3 is 0 Å². The molecule has 1 unspecified atom stereocenters. The number of benzene rings is 1. The molecule has 0 aliphatic heterocycles. The summed E-state index contributed by atoms with van der Waals surface area (Å²) >= 11 is 0. The van der Waals surface area contributed by atoms with E-state index in [9.17, 15) is 4.79 Å². The molecule has 0 saturated heterocycles. The van der Waals surface area contributed by atoms with Crippen molar-refractivity contribution >= 4 is 5.78 Å². The monoisotopic (exact) mass is 231 g/mol. The Morgan fingerprint density at radius 1 is 1.41 bits per heavy atom. The second kappa shape index (κ2) is 5.46. The lowest BCUT2D eigenvalue weighted by Gasteiger charge is -2.27. The van der Waals surface area contributed by atoms with Crippen molar-refractivity contribution in [3.63, 3.8) is 0 Å². The lowest BCUT2D eigenvalue weighted by molar-refractivity contribution is 0.0972. The molecule has 0 amide bonds. The van der Waals surface area contributed by atoms with Crippen LogP contribution in [0.15, 0.2) is 24.3 Å². The fourth-order valence-electron chi connectivity index (χ4n) is 2.32. The second-order valence-corrected chi connectivity index (χ2v) is 5.01. The molecular weight excluding hydrogens is 210 g/mol. The van der Waals surface area contributed by atoms with Crippen LogP contribution in [-0.2, 0) is 0 Å². The Morgan fingerprint density at radius 2 is 2.12 bits per heavy atom. The zero-order valence-electron chi connectivity index (χ0n) is 10.5. The summed E-state index contributed by atoms with van der Waals surface area (Å²) < 4.78 is 0. The zero-order chi connectivity index (χ0) is 12.3. The van der Waals surface area contributed by atoms with Crippen LogP contribution in [0.25, 0.3) is 0 Å². The van der Waals surface area contributed by atoms with E-state index < -0.39 is 0 Å². The first-order valence-electron chi connectivity index (χ1n) is 6.60. The predicted octanol–water partition coefficient (Wildman–Crippen LogP) is 3.26. The van der Waals surface area contributed by atoms with Gasteiger partial charge in [-0.05, 0) is 30.7 Å². The minimum atomic E-state index is -0.00283. The van der Waals surface area contributed by atoms with E-state index in [0.29, 0.717) is 12.3 Å². The summed E-state index contributed by atoms with van der Waals surface area (Å²) in [6, 6.07) is 8.04. The van der Waals surface area contributed by atoms with Crippen LogP contribution in [0, 0.1) is 0 Å². The molecule has 1 atom stereocenters. The lowest BCUT2D eigenvalue weighted by atomic mass is 9.77. The highest BCUT2D eigenvalue weighted by molar-refractivity contribution is 5.98. The van der Waals surface area contributed by atoms with E-state index in [4.69, 9.17) is 5.73 Å². The molecule has 92 valence electrons. The fourth-order valence-corrected chi connectivity index (χ4v) is 2.32. The molecule has 1 aromatic carbocycles. The normalized spacial score (nSPS) is 17.5. The number of ketones is 1. The number of carbonyl (C=O) groups excluding carboxylic acids is 1. The highest BCUT2D eigenvalue weighted by Gasteiger charge is 2.24. The largest absolute Gasteiger partial charge is 0.327 e. The van der Waals surface area contributed by atoms with Gasteiger partial charge in [-0.25, -0.2) is 0 Å². The third kappa shape index (κ3) is 2.75. The molecule has 1 fully saturated rings. The minimum Gasteiger partial charge on any atom is -0.327 e. The molecule has 0 radical (unpaired) electrons. The smallest absolute Gasteiger partial charge is 0.164 e. The van der Waals surface area contributed by atoms with E-state index >= 15 is 0 Å². The third-order valence-corrected chi connectivity index (χ3v) is 3.78. The molecule has 1 aromatic rings. The van der Waals surface area contributed by atoms with Crippen molar-refractivity contribution in [1.29, 1.82) is 0 Å². The average molecular weight is 231 g/mol. The number of Topliss-reactive ketones (excluding diaryl/α,β-unsaturated/α-hetero) is 1. The summed E-state index contributed by atoms with van der Waals surface area (Å²) in [7, 11) is 0. The predicted molar refractivity (Wildman–Crippen MR) is 70.2 cm³/mol. The van der Waals surface area contributed by atoms with Crippen molar-refractivity contribution in [3.8, 4) is 0 Å². The maximum absolute atomic E-state index is 12.2.